The summed E-state index contributed by atoms with van der Waals surface area (Å²) in [5, 5.41) is 13.7. The second kappa shape index (κ2) is 9.11. The summed E-state index contributed by atoms with van der Waals surface area (Å²) in [6.45, 7) is 5.06. The van der Waals surface area contributed by atoms with Gasteiger partial charge in [0.2, 0.25) is 0 Å². The smallest absolute Gasteiger partial charge is 0.191 e. The predicted molar refractivity (Wildman–Crippen MR) is 122 cm³/mol. The van der Waals surface area contributed by atoms with E-state index in [4.69, 9.17) is 16.6 Å². The zero-order valence-electron chi connectivity index (χ0n) is 16.3. The summed E-state index contributed by atoms with van der Waals surface area (Å²) in [5.74, 6) is 1.75. The lowest BCUT2D eigenvalue weighted by atomic mass is 10.1. The first-order valence-electron chi connectivity index (χ1n) is 9.43. The van der Waals surface area contributed by atoms with E-state index in [2.05, 4.69) is 58.3 Å². The highest BCUT2D eigenvalue weighted by Gasteiger charge is 2.13. The first-order valence-corrected chi connectivity index (χ1v) is 11.7. The molecule has 148 valence electrons. The van der Waals surface area contributed by atoms with Crippen molar-refractivity contribution < 1.29 is 0 Å². The maximum atomic E-state index is 5.98. The molecule has 2 aromatic heterocycles. The van der Waals surface area contributed by atoms with Crippen molar-refractivity contribution in [2.24, 2.45) is 0 Å². The maximum absolute atomic E-state index is 5.98. The Hall–Kier alpha value is -2.15. The minimum atomic E-state index is 0.743. The van der Waals surface area contributed by atoms with Gasteiger partial charge in [0.15, 0.2) is 5.16 Å². The molecule has 7 heteroatoms. The van der Waals surface area contributed by atoms with Crippen LogP contribution in [0.3, 0.4) is 0 Å². The van der Waals surface area contributed by atoms with Gasteiger partial charge in [0.25, 0.3) is 0 Å². The molecule has 2 aromatic carbocycles. The van der Waals surface area contributed by atoms with E-state index in [0.29, 0.717) is 0 Å². The lowest BCUT2D eigenvalue weighted by Crippen LogP contribution is -2.04. The molecule has 0 fully saturated rings. The van der Waals surface area contributed by atoms with Gasteiger partial charge < -0.3 is 4.57 Å². The molecule has 0 aliphatic rings. The topological polar surface area (TPSA) is 43.6 Å². The lowest BCUT2D eigenvalue weighted by Gasteiger charge is -2.07. The predicted octanol–water partition coefficient (Wildman–Crippen LogP) is 6.27. The molecule has 0 bridgehead atoms. The fourth-order valence-electron chi connectivity index (χ4n) is 3.00. The highest BCUT2D eigenvalue weighted by molar-refractivity contribution is 7.98. The van der Waals surface area contributed by atoms with Crippen LogP contribution in [0.2, 0.25) is 5.02 Å². The van der Waals surface area contributed by atoms with Crippen molar-refractivity contribution in [3.05, 3.63) is 81.6 Å². The Morgan fingerprint density at radius 2 is 1.79 bits per heavy atom. The van der Waals surface area contributed by atoms with Crippen LogP contribution >= 0.6 is 34.7 Å². The molecule has 4 aromatic rings. The van der Waals surface area contributed by atoms with E-state index >= 15 is 0 Å². The molecule has 29 heavy (non-hydrogen) atoms. The molecule has 0 saturated carbocycles. The normalized spacial score (nSPS) is 11.1. The summed E-state index contributed by atoms with van der Waals surface area (Å²) in [4.78, 5) is 4.79. The number of thiazole rings is 1. The largest absolute Gasteiger partial charge is 0.306 e. The van der Waals surface area contributed by atoms with Gasteiger partial charge in [-0.2, -0.15) is 0 Å². The summed E-state index contributed by atoms with van der Waals surface area (Å²) < 4.78 is 2.17. The third kappa shape index (κ3) is 4.89. The van der Waals surface area contributed by atoms with Crippen molar-refractivity contribution in [3.8, 4) is 10.6 Å². The first kappa shape index (κ1) is 20.1. The van der Waals surface area contributed by atoms with Crippen molar-refractivity contribution >= 4 is 34.7 Å². The van der Waals surface area contributed by atoms with Crippen LogP contribution in [0.25, 0.3) is 10.6 Å². The van der Waals surface area contributed by atoms with Gasteiger partial charge in [-0.05, 0) is 31.5 Å². The highest BCUT2D eigenvalue weighted by atomic mass is 35.5. The Labute approximate surface area is 184 Å². The fourth-order valence-corrected chi connectivity index (χ4v) is 4.97. The van der Waals surface area contributed by atoms with E-state index in [-0.39, 0.29) is 0 Å². The van der Waals surface area contributed by atoms with Gasteiger partial charge in [-0.3, -0.25) is 0 Å². The average Bonchev–Trinajstić information content (AvgIpc) is 3.35. The summed E-state index contributed by atoms with van der Waals surface area (Å²) >= 11 is 9.35. The first-order chi connectivity index (χ1) is 14.1. The van der Waals surface area contributed by atoms with Gasteiger partial charge >= 0.3 is 0 Å². The Morgan fingerprint density at radius 3 is 2.52 bits per heavy atom. The molecule has 0 spiro atoms. The van der Waals surface area contributed by atoms with E-state index < -0.39 is 0 Å². The van der Waals surface area contributed by atoms with Gasteiger partial charge in [-0.1, -0.05) is 65.3 Å². The molecule has 0 radical (unpaired) electrons. The van der Waals surface area contributed by atoms with Crippen molar-refractivity contribution in [1.29, 1.82) is 0 Å². The van der Waals surface area contributed by atoms with E-state index in [1.807, 2.05) is 24.3 Å². The molecule has 4 nitrogen and oxygen atoms in total. The van der Waals surface area contributed by atoms with Gasteiger partial charge in [0.05, 0.1) is 5.69 Å². The van der Waals surface area contributed by atoms with E-state index in [9.17, 15) is 0 Å². The van der Waals surface area contributed by atoms with E-state index in [1.165, 1.54) is 16.7 Å². The van der Waals surface area contributed by atoms with Crippen LogP contribution in [-0.4, -0.2) is 19.7 Å². The number of hydrogen-bond acceptors (Lipinski definition) is 5. The standard InChI is InChI=1S/C22H21ClN4S2/c1-3-27-20(12-16-6-10-18(23)11-7-16)25-26-22(27)29-14-19-13-28-21(24-19)17-8-4-15(2)5-9-17/h4-11,13H,3,12,14H2,1-2H3. The Kier molecular flexibility index (Phi) is 6.33. The number of aryl methyl sites for hydroxylation is 1. The van der Waals surface area contributed by atoms with Crippen LogP contribution in [0.15, 0.2) is 59.1 Å². The van der Waals surface area contributed by atoms with Crippen molar-refractivity contribution in [2.45, 2.75) is 37.7 Å². The zero-order valence-corrected chi connectivity index (χ0v) is 18.7. The van der Waals surface area contributed by atoms with Gasteiger partial charge in [0.1, 0.15) is 10.8 Å². The van der Waals surface area contributed by atoms with Crippen molar-refractivity contribution in [2.75, 3.05) is 0 Å². The number of thioether (sulfide) groups is 1. The zero-order chi connectivity index (χ0) is 20.2. The summed E-state index contributed by atoms with van der Waals surface area (Å²) in [6, 6.07) is 16.4. The Bertz CT molecular complexity index is 1080. The second-order valence-electron chi connectivity index (χ2n) is 6.74. The minimum absolute atomic E-state index is 0.743. The number of aromatic nitrogens is 4. The molecular formula is C22H21ClN4S2. The highest BCUT2D eigenvalue weighted by Crippen LogP contribution is 2.28. The Balaban J connectivity index is 1.44. The molecule has 0 aliphatic carbocycles. The molecular weight excluding hydrogens is 420 g/mol. The SMILES string of the molecule is CCn1c(Cc2ccc(Cl)cc2)nnc1SCc1csc(-c2ccc(C)cc2)n1. The summed E-state index contributed by atoms with van der Waals surface area (Å²) in [7, 11) is 0. The van der Waals surface area contributed by atoms with Gasteiger partial charge in [-0.15, -0.1) is 21.5 Å². The van der Waals surface area contributed by atoms with Crippen LogP contribution in [-0.2, 0) is 18.7 Å². The number of rotatable bonds is 7. The molecule has 4 rings (SSSR count). The lowest BCUT2D eigenvalue weighted by molar-refractivity contribution is 0.651. The van der Waals surface area contributed by atoms with Crippen LogP contribution in [0, 0.1) is 6.92 Å². The number of hydrogen-bond donors (Lipinski definition) is 0. The van der Waals surface area contributed by atoms with E-state index in [0.717, 1.165) is 45.4 Å². The number of halogens is 1. The fraction of sp³-hybridized carbons (Fsp3) is 0.227. The molecule has 0 unspecified atom stereocenters. The van der Waals surface area contributed by atoms with Crippen molar-refractivity contribution in [1.82, 2.24) is 19.7 Å². The average molecular weight is 441 g/mol. The minimum Gasteiger partial charge on any atom is -0.306 e. The van der Waals surface area contributed by atoms with Crippen LogP contribution in [0.5, 0.6) is 0 Å². The third-order valence-electron chi connectivity index (χ3n) is 4.58. The monoisotopic (exact) mass is 440 g/mol. The third-order valence-corrected chi connectivity index (χ3v) is 6.78. The van der Waals surface area contributed by atoms with Gasteiger partial charge in [0, 0.05) is 34.7 Å². The molecule has 0 N–H and O–H groups in total. The van der Waals surface area contributed by atoms with Gasteiger partial charge in [-0.25, -0.2) is 4.98 Å². The summed E-state index contributed by atoms with van der Waals surface area (Å²) in [5.41, 5.74) is 4.67. The Morgan fingerprint density at radius 1 is 1.03 bits per heavy atom. The van der Waals surface area contributed by atoms with Crippen LogP contribution in [0.1, 0.15) is 29.6 Å². The summed E-state index contributed by atoms with van der Waals surface area (Å²) in [6.07, 6.45) is 0.743. The van der Waals surface area contributed by atoms with Crippen molar-refractivity contribution in [3.63, 3.8) is 0 Å². The number of nitrogens with zero attached hydrogens (tertiary/aromatic N) is 4. The molecule has 0 saturated heterocycles. The quantitative estimate of drug-likeness (QED) is 0.318. The maximum Gasteiger partial charge on any atom is 0.191 e. The van der Waals surface area contributed by atoms with Crippen LogP contribution in [0.4, 0.5) is 0 Å². The van der Waals surface area contributed by atoms with E-state index in [1.54, 1.807) is 23.1 Å². The molecule has 0 atom stereocenters. The molecule has 0 aliphatic heterocycles. The number of benzene rings is 2. The van der Waals surface area contributed by atoms with Crippen LogP contribution < -0.4 is 0 Å². The molecule has 0 amide bonds. The molecule has 2 heterocycles. The second-order valence-corrected chi connectivity index (χ2v) is 8.98.